The minimum Gasteiger partial charge on any atom is -0.361 e. The highest BCUT2D eigenvalue weighted by atomic mass is 14.8. The van der Waals surface area contributed by atoms with Crippen LogP contribution in [0.2, 0.25) is 0 Å². The molecule has 0 amide bonds. The summed E-state index contributed by atoms with van der Waals surface area (Å²) in [6.07, 6.45) is 8.27. The first-order valence-corrected chi connectivity index (χ1v) is 5.52. The van der Waals surface area contributed by atoms with E-state index in [1.54, 1.807) is 0 Å². The number of aryl methyl sites for hydroxylation is 1. The summed E-state index contributed by atoms with van der Waals surface area (Å²) in [5.74, 6) is 2.58. The molecule has 16 heavy (non-hydrogen) atoms. The van der Waals surface area contributed by atoms with E-state index in [0.717, 1.165) is 13.0 Å². The average Bonchev–Trinajstić information content (AvgIpc) is 2.67. The maximum absolute atomic E-state index is 5.18. The van der Waals surface area contributed by atoms with Crippen molar-refractivity contribution < 1.29 is 0 Å². The van der Waals surface area contributed by atoms with Crippen molar-refractivity contribution in [2.45, 2.75) is 13.3 Å². The summed E-state index contributed by atoms with van der Waals surface area (Å²) >= 11 is 0. The van der Waals surface area contributed by atoms with Gasteiger partial charge in [0, 0.05) is 23.6 Å². The minimum atomic E-state index is 0.640. The van der Waals surface area contributed by atoms with Crippen LogP contribution >= 0.6 is 0 Å². The molecule has 2 aromatic rings. The van der Waals surface area contributed by atoms with E-state index < -0.39 is 0 Å². The highest BCUT2D eigenvalue weighted by Crippen LogP contribution is 2.19. The summed E-state index contributed by atoms with van der Waals surface area (Å²) in [6.45, 7) is 3.68. The molecule has 2 rings (SSSR count). The van der Waals surface area contributed by atoms with Crippen molar-refractivity contribution in [1.82, 2.24) is 10.3 Å². The molecule has 1 aromatic carbocycles. The van der Waals surface area contributed by atoms with Crippen LogP contribution in [0.25, 0.3) is 10.9 Å². The number of aromatic amines is 1. The SMILES string of the molecule is C#CCNCCc1c[nH]c2ccc(C)cc12. The second-order valence-electron chi connectivity index (χ2n) is 3.99. The third-order valence-electron chi connectivity index (χ3n) is 2.72. The number of rotatable bonds is 4. The van der Waals surface area contributed by atoms with Crippen molar-refractivity contribution in [2.75, 3.05) is 13.1 Å². The van der Waals surface area contributed by atoms with Gasteiger partial charge < -0.3 is 10.3 Å². The van der Waals surface area contributed by atoms with Crippen LogP contribution in [0, 0.1) is 19.3 Å². The van der Waals surface area contributed by atoms with Gasteiger partial charge in [-0.1, -0.05) is 17.6 Å². The van der Waals surface area contributed by atoms with Crippen LogP contribution in [-0.4, -0.2) is 18.1 Å². The Morgan fingerprint density at radius 3 is 3.12 bits per heavy atom. The van der Waals surface area contributed by atoms with Crippen molar-refractivity contribution in [3.8, 4) is 12.3 Å². The molecule has 0 bridgehead atoms. The standard InChI is InChI=1S/C14H16N2/c1-3-7-15-8-6-12-10-16-14-5-4-11(2)9-13(12)14/h1,4-5,9-10,15-16H,6-8H2,2H3. The molecular weight excluding hydrogens is 196 g/mol. The highest BCUT2D eigenvalue weighted by molar-refractivity contribution is 5.83. The Bertz CT molecular complexity index is 517. The third kappa shape index (κ3) is 2.26. The molecule has 2 N–H and O–H groups in total. The molecule has 0 spiro atoms. The van der Waals surface area contributed by atoms with Gasteiger partial charge >= 0.3 is 0 Å². The van der Waals surface area contributed by atoms with E-state index in [1.165, 1.54) is 22.0 Å². The predicted molar refractivity (Wildman–Crippen MR) is 68.4 cm³/mol. The van der Waals surface area contributed by atoms with Gasteiger partial charge in [0.2, 0.25) is 0 Å². The summed E-state index contributed by atoms with van der Waals surface area (Å²) in [7, 11) is 0. The first kappa shape index (κ1) is 10.8. The summed E-state index contributed by atoms with van der Waals surface area (Å²) < 4.78 is 0. The normalized spacial score (nSPS) is 10.5. The highest BCUT2D eigenvalue weighted by Gasteiger charge is 2.02. The molecule has 1 aromatic heterocycles. The molecule has 1 heterocycles. The Labute approximate surface area is 96.1 Å². The first-order valence-electron chi connectivity index (χ1n) is 5.52. The largest absolute Gasteiger partial charge is 0.361 e. The Kier molecular flexibility index (Phi) is 3.28. The van der Waals surface area contributed by atoms with Crippen LogP contribution in [0.5, 0.6) is 0 Å². The van der Waals surface area contributed by atoms with Gasteiger partial charge in [-0.25, -0.2) is 0 Å². The maximum atomic E-state index is 5.18. The number of fused-ring (bicyclic) bond motifs is 1. The Morgan fingerprint density at radius 2 is 2.31 bits per heavy atom. The molecule has 2 nitrogen and oxygen atoms in total. The monoisotopic (exact) mass is 212 g/mol. The van der Waals surface area contributed by atoms with E-state index in [9.17, 15) is 0 Å². The smallest absolute Gasteiger partial charge is 0.0573 e. The van der Waals surface area contributed by atoms with Crippen molar-refractivity contribution >= 4 is 10.9 Å². The Balaban J connectivity index is 2.12. The maximum Gasteiger partial charge on any atom is 0.0573 e. The van der Waals surface area contributed by atoms with Gasteiger partial charge in [-0.05, 0) is 31.0 Å². The molecule has 82 valence electrons. The van der Waals surface area contributed by atoms with Crippen LogP contribution < -0.4 is 5.32 Å². The Morgan fingerprint density at radius 1 is 1.44 bits per heavy atom. The third-order valence-corrected chi connectivity index (χ3v) is 2.72. The van der Waals surface area contributed by atoms with Crippen molar-refractivity contribution in [3.63, 3.8) is 0 Å². The number of aromatic nitrogens is 1. The van der Waals surface area contributed by atoms with Crippen molar-refractivity contribution in [2.24, 2.45) is 0 Å². The Hall–Kier alpha value is -1.72. The zero-order chi connectivity index (χ0) is 11.4. The lowest BCUT2D eigenvalue weighted by molar-refractivity contribution is 0.755. The number of terminal acetylenes is 1. The second kappa shape index (κ2) is 4.87. The van der Waals surface area contributed by atoms with Crippen molar-refractivity contribution in [3.05, 3.63) is 35.5 Å². The summed E-state index contributed by atoms with van der Waals surface area (Å²) in [6, 6.07) is 6.48. The molecule has 0 atom stereocenters. The number of benzene rings is 1. The van der Waals surface area contributed by atoms with Gasteiger partial charge in [0.15, 0.2) is 0 Å². The van der Waals surface area contributed by atoms with Crippen LogP contribution in [-0.2, 0) is 6.42 Å². The molecule has 0 aliphatic carbocycles. The summed E-state index contributed by atoms with van der Waals surface area (Å²) in [5, 5.41) is 4.52. The zero-order valence-electron chi connectivity index (χ0n) is 9.51. The van der Waals surface area contributed by atoms with E-state index >= 15 is 0 Å². The van der Waals surface area contributed by atoms with Gasteiger partial charge in [-0.2, -0.15) is 0 Å². The molecule has 0 radical (unpaired) electrons. The van der Waals surface area contributed by atoms with E-state index in [-0.39, 0.29) is 0 Å². The van der Waals surface area contributed by atoms with Gasteiger partial charge in [0.1, 0.15) is 0 Å². The molecular formula is C14H16N2. The van der Waals surface area contributed by atoms with Crippen LogP contribution in [0.3, 0.4) is 0 Å². The number of nitrogens with one attached hydrogen (secondary N) is 2. The summed E-state index contributed by atoms with van der Waals surface area (Å²) in [4.78, 5) is 3.29. The molecule has 2 heteroatoms. The number of hydrogen-bond acceptors (Lipinski definition) is 1. The summed E-state index contributed by atoms with van der Waals surface area (Å²) in [5.41, 5.74) is 3.85. The van der Waals surface area contributed by atoms with E-state index in [4.69, 9.17) is 6.42 Å². The molecule has 0 aliphatic heterocycles. The fourth-order valence-corrected chi connectivity index (χ4v) is 1.88. The van der Waals surface area contributed by atoms with Gasteiger partial charge in [0.25, 0.3) is 0 Å². The van der Waals surface area contributed by atoms with E-state index in [2.05, 4.69) is 47.5 Å². The van der Waals surface area contributed by atoms with Crippen LogP contribution in [0.4, 0.5) is 0 Å². The van der Waals surface area contributed by atoms with Crippen LogP contribution in [0.15, 0.2) is 24.4 Å². The fraction of sp³-hybridized carbons (Fsp3) is 0.286. The quantitative estimate of drug-likeness (QED) is 0.590. The lowest BCUT2D eigenvalue weighted by Crippen LogP contribution is -2.16. The van der Waals surface area contributed by atoms with E-state index in [0.29, 0.717) is 6.54 Å². The van der Waals surface area contributed by atoms with E-state index in [1.807, 2.05) is 0 Å². The van der Waals surface area contributed by atoms with Gasteiger partial charge in [-0.3, -0.25) is 0 Å². The average molecular weight is 212 g/mol. The first-order chi connectivity index (χ1) is 7.81. The molecule has 0 saturated carbocycles. The second-order valence-corrected chi connectivity index (χ2v) is 3.99. The van der Waals surface area contributed by atoms with Gasteiger partial charge in [-0.15, -0.1) is 6.42 Å². The van der Waals surface area contributed by atoms with Gasteiger partial charge in [0.05, 0.1) is 6.54 Å². The number of H-pyrrole nitrogens is 1. The van der Waals surface area contributed by atoms with Crippen molar-refractivity contribution in [1.29, 1.82) is 0 Å². The zero-order valence-corrected chi connectivity index (χ0v) is 9.51. The molecule has 0 aliphatic rings. The minimum absolute atomic E-state index is 0.640. The lowest BCUT2D eigenvalue weighted by atomic mass is 10.1. The number of hydrogen-bond donors (Lipinski definition) is 2. The predicted octanol–water partition coefficient (Wildman–Crippen LogP) is 2.24. The molecule has 0 fully saturated rings. The molecule has 0 unspecified atom stereocenters. The fourth-order valence-electron chi connectivity index (χ4n) is 1.88. The lowest BCUT2D eigenvalue weighted by Gasteiger charge is -2.00. The topological polar surface area (TPSA) is 27.8 Å². The molecule has 0 saturated heterocycles. The van der Waals surface area contributed by atoms with Crippen LogP contribution in [0.1, 0.15) is 11.1 Å².